The Morgan fingerprint density at radius 3 is 2.09 bits per heavy atom. The van der Waals surface area contributed by atoms with Crippen LogP contribution in [0.25, 0.3) is 0 Å². The van der Waals surface area contributed by atoms with E-state index < -0.39 is 5.54 Å². The number of methoxy groups -OCH3 is 2. The van der Waals surface area contributed by atoms with Crippen LogP contribution in [0.4, 0.5) is 0 Å². The monoisotopic (exact) mass is 444 g/mol. The van der Waals surface area contributed by atoms with Crippen molar-refractivity contribution in [1.29, 1.82) is 0 Å². The summed E-state index contributed by atoms with van der Waals surface area (Å²) in [5.74, 6) is 1.18. The van der Waals surface area contributed by atoms with Crippen LogP contribution >= 0.6 is 0 Å². The highest BCUT2D eigenvalue weighted by atomic mass is 16.5. The lowest BCUT2D eigenvalue weighted by atomic mass is 9.82. The molecule has 170 valence electrons. The summed E-state index contributed by atoms with van der Waals surface area (Å²) < 4.78 is 10.4. The van der Waals surface area contributed by atoms with Crippen molar-refractivity contribution in [1.82, 2.24) is 10.2 Å². The maximum Gasteiger partial charge on any atom is 0.255 e. The molecule has 0 bridgehead atoms. The quantitative estimate of drug-likeness (QED) is 0.599. The topological polar surface area (TPSA) is 67.9 Å². The van der Waals surface area contributed by atoms with Crippen LogP contribution < -0.4 is 14.8 Å². The number of hydrogen-bond acceptors (Lipinski definition) is 4. The molecule has 3 aromatic rings. The van der Waals surface area contributed by atoms with Gasteiger partial charge in [-0.05, 0) is 53.9 Å². The number of carbonyl (C=O) groups excluding carboxylic acids is 2. The molecule has 0 saturated heterocycles. The van der Waals surface area contributed by atoms with E-state index >= 15 is 0 Å². The lowest BCUT2D eigenvalue weighted by Crippen LogP contribution is -2.62. The largest absolute Gasteiger partial charge is 0.497 e. The molecule has 6 nitrogen and oxygen atoms in total. The lowest BCUT2D eigenvalue weighted by Gasteiger charge is -2.44. The summed E-state index contributed by atoms with van der Waals surface area (Å²) in [6.45, 7) is 2.53. The molecule has 0 fully saturated rings. The summed E-state index contributed by atoms with van der Waals surface area (Å²) in [5.41, 5.74) is 2.38. The first-order valence-corrected chi connectivity index (χ1v) is 10.9. The van der Waals surface area contributed by atoms with E-state index in [2.05, 4.69) is 5.32 Å². The molecule has 0 aromatic heterocycles. The zero-order valence-corrected chi connectivity index (χ0v) is 19.1. The minimum Gasteiger partial charge on any atom is -0.497 e. The number of fused-ring (bicyclic) bond motifs is 1. The van der Waals surface area contributed by atoms with Gasteiger partial charge in [0.25, 0.3) is 5.91 Å². The molecule has 1 heterocycles. The molecule has 0 saturated carbocycles. The van der Waals surface area contributed by atoms with E-state index in [4.69, 9.17) is 9.47 Å². The van der Waals surface area contributed by atoms with Crippen LogP contribution in [0, 0.1) is 0 Å². The zero-order chi connectivity index (χ0) is 23.4. The first-order chi connectivity index (χ1) is 15.9. The Morgan fingerprint density at radius 2 is 1.48 bits per heavy atom. The van der Waals surface area contributed by atoms with Crippen molar-refractivity contribution < 1.29 is 19.1 Å². The third-order valence-electron chi connectivity index (χ3n) is 6.22. The Morgan fingerprint density at radius 1 is 0.909 bits per heavy atom. The van der Waals surface area contributed by atoms with Crippen molar-refractivity contribution in [3.8, 4) is 11.5 Å². The highest BCUT2D eigenvalue weighted by molar-refractivity contribution is 6.02. The summed E-state index contributed by atoms with van der Waals surface area (Å²) in [7, 11) is 3.23. The molecule has 1 atom stereocenters. The number of hydrogen-bond donors (Lipinski definition) is 1. The Balaban J connectivity index is 1.60. The molecule has 0 aliphatic carbocycles. The SMILES string of the molecule is COc1ccc(CNC(=O)[C@]2(C)Cc3ccccc3C(=O)N2Cc2ccc(OC)cc2)cc1. The summed E-state index contributed by atoms with van der Waals surface area (Å²) in [4.78, 5) is 28.7. The van der Waals surface area contributed by atoms with Crippen LogP contribution in [0.5, 0.6) is 11.5 Å². The van der Waals surface area contributed by atoms with Crippen LogP contribution in [0.3, 0.4) is 0 Å². The summed E-state index contributed by atoms with van der Waals surface area (Å²) in [6, 6.07) is 22.6. The third-order valence-corrected chi connectivity index (χ3v) is 6.22. The highest BCUT2D eigenvalue weighted by Gasteiger charge is 2.46. The van der Waals surface area contributed by atoms with Gasteiger partial charge in [0, 0.05) is 25.1 Å². The minimum atomic E-state index is -1.03. The Kier molecular flexibility index (Phi) is 6.36. The van der Waals surface area contributed by atoms with Crippen molar-refractivity contribution in [3.05, 3.63) is 95.1 Å². The van der Waals surface area contributed by atoms with E-state index in [0.29, 0.717) is 25.1 Å². The van der Waals surface area contributed by atoms with Gasteiger partial charge in [-0.15, -0.1) is 0 Å². The van der Waals surface area contributed by atoms with Gasteiger partial charge in [0.2, 0.25) is 5.91 Å². The Labute approximate surface area is 194 Å². The second kappa shape index (κ2) is 9.36. The maximum absolute atomic E-state index is 13.5. The average Bonchev–Trinajstić information content (AvgIpc) is 2.85. The summed E-state index contributed by atoms with van der Waals surface area (Å²) in [5, 5.41) is 3.04. The molecule has 6 heteroatoms. The lowest BCUT2D eigenvalue weighted by molar-refractivity contribution is -0.132. The fourth-order valence-corrected chi connectivity index (χ4v) is 4.20. The van der Waals surface area contributed by atoms with Crippen molar-refractivity contribution in [3.63, 3.8) is 0 Å². The molecule has 0 spiro atoms. The smallest absolute Gasteiger partial charge is 0.255 e. The predicted octanol–water partition coefficient (Wildman–Crippen LogP) is 3.98. The Hall–Kier alpha value is -3.80. The molecule has 0 unspecified atom stereocenters. The van der Waals surface area contributed by atoms with Crippen LogP contribution in [0.15, 0.2) is 72.8 Å². The highest BCUT2D eigenvalue weighted by Crippen LogP contribution is 2.33. The molecule has 2 amide bonds. The normalized spacial score (nSPS) is 17.3. The standard InChI is InChI=1S/C27H28N2O4/c1-27(26(31)28-17-19-8-12-22(32-2)13-9-19)16-21-6-4-5-7-24(21)25(30)29(27)18-20-10-14-23(33-3)15-11-20/h4-15H,16-18H2,1-3H3,(H,28,31)/t27-/m0/s1. The van der Waals surface area contributed by atoms with E-state index in [1.807, 2.05) is 79.7 Å². The van der Waals surface area contributed by atoms with Crippen molar-refractivity contribution in [2.24, 2.45) is 0 Å². The van der Waals surface area contributed by atoms with Gasteiger partial charge in [-0.3, -0.25) is 9.59 Å². The third kappa shape index (κ3) is 4.55. The van der Waals surface area contributed by atoms with Crippen LogP contribution in [-0.2, 0) is 24.3 Å². The second-order valence-electron chi connectivity index (χ2n) is 8.38. The molecule has 4 rings (SSSR count). The molecule has 0 radical (unpaired) electrons. The molecular weight excluding hydrogens is 416 g/mol. The fourth-order valence-electron chi connectivity index (χ4n) is 4.20. The second-order valence-corrected chi connectivity index (χ2v) is 8.38. The zero-order valence-electron chi connectivity index (χ0n) is 19.1. The Bertz CT molecular complexity index is 1140. The number of rotatable bonds is 7. The number of carbonyl (C=O) groups is 2. The number of ether oxygens (including phenoxy) is 2. The van der Waals surface area contributed by atoms with E-state index in [-0.39, 0.29) is 11.8 Å². The van der Waals surface area contributed by atoms with Crippen LogP contribution in [0.2, 0.25) is 0 Å². The van der Waals surface area contributed by atoms with Gasteiger partial charge in [0.15, 0.2) is 0 Å². The molecule has 3 aromatic carbocycles. The molecular formula is C27H28N2O4. The van der Waals surface area contributed by atoms with Crippen LogP contribution in [-0.4, -0.2) is 36.5 Å². The first kappa shape index (κ1) is 22.4. The predicted molar refractivity (Wildman–Crippen MR) is 126 cm³/mol. The van der Waals surface area contributed by atoms with E-state index in [1.165, 1.54) is 0 Å². The van der Waals surface area contributed by atoms with Gasteiger partial charge in [0.05, 0.1) is 14.2 Å². The number of benzene rings is 3. The van der Waals surface area contributed by atoms with Crippen molar-refractivity contribution in [2.45, 2.75) is 32.0 Å². The van der Waals surface area contributed by atoms with Crippen LogP contribution in [0.1, 0.15) is 34.0 Å². The van der Waals surface area contributed by atoms with Crippen molar-refractivity contribution >= 4 is 11.8 Å². The fraction of sp³-hybridized carbons (Fsp3) is 0.259. The molecule has 1 N–H and O–H groups in total. The number of nitrogens with zero attached hydrogens (tertiary/aromatic N) is 1. The number of amides is 2. The summed E-state index contributed by atoms with van der Waals surface area (Å²) in [6.07, 6.45) is 0.444. The maximum atomic E-state index is 13.5. The van der Waals surface area contributed by atoms with Gasteiger partial charge < -0.3 is 19.7 Å². The first-order valence-electron chi connectivity index (χ1n) is 10.9. The molecule has 1 aliphatic rings. The van der Waals surface area contributed by atoms with E-state index in [0.717, 1.165) is 28.2 Å². The van der Waals surface area contributed by atoms with Gasteiger partial charge in [0.1, 0.15) is 17.0 Å². The molecule has 1 aliphatic heterocycles. The van der Waals surface area contributed by atoms with E-state index in [9.17, 15) is 9.59 Å². The molecule has 33 heavy (non-hydrogen) atoms. The average molecular weight is 445 g/mol. The number of nitrogens with one attached hydrogen (secondary N) is 1. The minimum absolute atomic E-state index is 0.144. The van der Waals surface area contributed by atoms with Gasteiger partial charge in [-0.1, -0.05) is 42.5 Å². The van der Waals surface area contributed by atoms with Gasteiger partial charge in [-0.2, -0.15) is 0 Å². The van der Waals surface area contributed by atoms with E-state index in [1.54, 1.807) is 19.1 Å². The van der Waals surface area contributed by atoms with Crippen molar-refractivity contribution in [2.75, 3.05) is 14.2 Å². The van der Waals surface area contributed by atoms with Gasteiger partial charge in [-0.25, -0.2) is 0 Å². The summed E-state index contributed by atoms with van der Waals surface area (Å²) >= 11 is 0. The van der Waals surface area contributed by atoms with Gasteiger partial charge >= 0.3 is 0 Å².